The van der Waals surface area contributed by atoms with Gasteiger partial charge >= 0.3 is 5.97 Å². The molecule has 3 nitrogen and oxygen atoms in total. The number of thioether (sulfide) groups is 1. The molecule has 0 fully saturated rings. The zero-order valence-corrected chi connectivity index (χ0v) is 15.7. The van der Waals surface area contributed by atoms with Crippen molar-refractivity contribution in [3.05, 3.63) is 51.4 Å². The molecule has 0 aliphatic heterocycles. The lowest BCUT2D eigenvalue weighted by Gasteiger charge is -2.23. The molecule has 0 N–H and O–H groups in total. The van der Waals surface area contributed by atoms with Crippen molar-refractivity contribution in [1.29, 1.82) is 0 Å². The monoisotopic (exact) mass is 360 g/mol. The van der Waals surface area contributed by atoms with Crippen LogP contribution in [-0.4, -0.2) is 24.6 Å². The van der Waals surface area contributed by atoms with E-state index in [9.17, 15) is 9.59 Å². The molecule has 5 heteroatoms. The van der Waals surface area contributed by atoms with Crippen molar-refractivity contribution in [2.24, 2.45) is 0 Å². The second-order valence-corrected chi connectivity index (χ2v) is 8.03. The van der Waals surface area contributed by atoms with Gasteiger partial charge in [-0.3, -0.25) is 4.79 Å². The maximum atomic E-state index is 12.8. The summed E-state index contributed by atoms with van der Waals surface area (Å²) in [6.45, 7) is 4.19. The molecular formula is C19H20O3S2. The average molecular weight is 361 g/mol. The molecule has 1 atom stereocenters. The van der Waals surface area contributed by atoms with Crippen molar-refractivity contribution < 1.29 is 14.3 Å². The molecule has 1 aliphatic rings. The van der Waals surface area contributed by atoms with Crippen LogP contribution in [-0.2, 0) is 11.2 Å². The number of rotatable bonds is 4. The van der Waals surface area contributed by atoms with Gasteiger partial charge in [0.15, 0.2) is 5.78 Å². The number of benzene rings is 1. The molecule has 0 amide bonds. The quantitative estimate of drug-likeness (QED) is 0.576. The molecule has 1 aliphatic carbocycles. The third kappa shape index (κ3) is 3.15. The first kappa shape index (κ1) is 17.2. The second kappa shape index (κ2) is 7.11. The third-order valence-electron chi connectivity index (χ3n) is 4.33. The van der Waals surface area contributed by atoms with Gasteiger partial charge in [0.25, 0.3) is 0 Å². The molecule has 0 saturated carbocycles. The SMILES string of the molecule is CCOC(=O)c1sc(SC)c2c1CC(c1ccc(C)cc1)CC2=O. The van der Waals surface area contributed by atoms with E-state index < -0.39 is 0 Å². The van der Waals surface area contributed by atoms with Crippen LogP contribution in [0.15, 0.2) is 28.5 Å². The highest BCUT2D eigenvalue weighted by molar-refractivity contribution is 8.00. The Labute approximate surface area is 150 Å². The highest BCUT2D eigenvalue weighted by atomic mass is 32.2. The number of Topliss-reactive ketones (excluding diaryl/α,β-unsaturated/α-hetero) is 1. The lowest BCUT2D eigenvalue weighted by atomic mass is 9.80. The molecule has 24 heavy (non-hydrogen) atoms. The fourth-order valence-electron chi connectivity index (χ4n) is 3.14. The third-order valence-corrected chi connectivity index (χ3v) is 6.66. The minimum Gasteiger partial charge on any atom is -0.462 e. The Hall–Kier alpha value is -1.59. The summed E-state index contributed by atoms with van der Waals surface area (Å²) >= 11 is 2.93. The van der Waals surface area contributed by atoms with E-state index in [1.165, 1.54) is 28.7 Å². The van der Waals surface area contributed by atoms with Crippen LogP contribution in [0.3, 0.4) is 0 Å². The van der Waals surface area contributed by atoms with Crippen LogP contribution in [0.4, 0.5) is 0 Å². The fraction of sp³-hybridized carbons (Fsp3) is 0.368. The first-order valence-electron chi connectivity index (χ1n) is 8.01. The van der Waals surface area contributed by atoms with Crippen LogP contribution < -0.4 is 0 Å². The van der Waals surface area contributed by atoms with Crippen LogP contribution in [0.2, 0.25) is 0 Å². The molecule has 1 aromatic carbocycles. The molecular weight excluding hydrogens is 340 g/mol. The van der Waals surface area contributed by atoms with Gasteiger partial charge in [-0.2, -0.15) is 0 Å². The van der Waals surface area contributed by atoms with Crippen molar-refractivity contribution in [2.75, 3.05) is 12.9 Å². The van der Waals surface area contributed by atoms with Crippen LogP contribution >= 0.6 is 23.1 Å². The van der Waals surface area contributed by atoms with Crippen molar-refractivity contribution in [3.8, 4) is 0 Å². The van der Waals surface area contributed by atoms with Crippen molar-refractivity contribution in [2.45, 2.75) is 36.8 Å². The number of aryl methyl sites for hydroxylation is 1. The number of ether oxygens (including phenoxy) is 1. The van der Waals surface area contributed by atoms with E-state index in [-0.39, 0.29) is 17.7 Å². The first-order valence-corrected chi connectivity index (χ1v) is 10.1. The highest BCUT2D eigenvalue weighted by Crippen LogP contribution is 2.43. The normalized spacial score (nSPS) is 16.8. The van der Waals surface area contributed by atoms with E-state index in [1.807, 2.05) is 6.26 Å². The van der Waals surface area contributed by atoms with Gasteiger partial charge in [-0.1, -0.05) is 29.8 Å². The molecule has 0 spiro atoms. The van der Waals surface area contributed by atoms with Crippen LogP contribution in [0.1, 0.15) is 56.0 Å². The Morgan fingerprint density at radius 1 is 1.29 bits per heavy atom. The molecule has 126 valence electrons. The van der Waals surface area contributed by atoms with E-state index >= 15 is 0 Å². The van der Waals surface area contributed by atoms with Gasteiger partial charge in [0.05, 0.1) is 10.8 Å². The van der Waals surface area contributed by atoms with E-state index in [4.69, 9.17) is 4.74 Å². The Morgan fingerprint density at radius 2 is 2.00 bits per heavy atom. The number of fused-ring (bicyclic) bond motifs is 1. The summed E-state index contributed by atoms with van der Waals surface area (Å²) in [4.78, 5) is 25.7. The van der Waals surface area contributed by atoms with Crippen molar-refractivity contribution in [1.82, 2.24) is 0 Å². The largest absolute Gasteiger partial charge is 0.462 e. The van der Waals surface area contributed by atoms with Gasteiger partial charge in [-0.05, 0) is 43.6 Å². The molecule has 0 radical (unpaired) electrons. The van der Waals surface area contributed by atoms with Gasteiger partial charge in [0, 0.05) is 12.0 Å². The minimum atomic E-state index is -0.309. The minimum absolute atomic E-state index is 0.128. The summed E-state index contributed by atoms with van der Waals surface area (Å²) in [5, 5.41) is 0. The number of carbonyl (C=O) groups excluding carboxylic acids is 2. The topological polar surface area (TPSA) is 43.4 Å². The van der Waals surface area contributed by atoms with Gasteiger partial charge in [0.2, 0.25) is 0 Å². The predicted octanol–water partition coefficient (Wildman–Crippen LogP) is 4.87. The molecule has 1 unspecified atom stereocenters. The van der Waals surface area contributed by atoms with Crippen molar-refractivity contribution in [3.63, 3.8) is 0 Å². The van der Waals surface area contributed by atoms with Crippen LogP contribution in [0, 0.1) is 6.92 Å². The van der Waals surface area contributed by atoms with Crippen LogP contribution in [0.25, 0.3) is 0 Å². The maximum Gasteiger partial charge on any atom is 0.348 e. The Bertz CT molecular complexity index is 775. The summed E-state index contributed by atoms with van der Waals surface area (Å²) in [6, 6.07) is 8.32. The molecule has 3 rings (SSSR count). The Balaban J connectivity index is 2.01. The summed E-state index contributed by atoms with van der Waals surface area (Å²) in [7, 11) is 0. The van der Waals surface area contributed by atoms with Crippen LogP contribution in [0.5, 0.6) is 0 Å². The van der Waals surface area contributed by atoms with E-state index in [1.54, 1.807) is 6.92 Å². The first-order chi connectivity index (χ1) is 11.5. The van der Waals surface area contributed by atoms with Gasteiger partial charge in [-0.15, -0.1) is 23.1 Å². The maximum absolute atomic E-state index is 12.8. The zero-order valence-electron chi connectivity index (χ0n) is 14.0. The van der Waals surface area contributed by atoms with Gasteiger partial charge in [-0.25, -0.2) is 4.79 Å². The Kier molecular flexibility index (Phi) is 5.11. The number of hydrogen-bond acceptors (Lipinski definition) is 5. The number of esters is 1. The molecule has 1 aromatic heterocycles. The summed E-state index contributed by atoms with van der Waals surface area (Å²) < 4.78 is 6.13. The Morgan fingerprint density at radius 3 is 2.62 bits per heavy atom. The molecule has 2 aromatic rings. The summed E-state index contributed by atoms with van der Waals surface area (Å²) in [5.74, 6) is -0.0440. The number of thiophene rings is 1. The molecule has 0 bridgehead atoms. The summed E-state index contributed by atoms with van der Waals surface area (Å²) in [6.07, 6.45) is 3.17. The van der Waals surface area contributed by atoms with Crippen molar-refractivity contribution >= 4 is 34.9 Å². The lowest BCUT2D eigenvalue weighted by Crippen LogP contribution is -2.20. The number of carbonyl (C=O) groups is 2. The van der Waals surface area contributed by atoms with E-state index in [0.29, 0.717) is 17.9 Å². The van der Waals surface area contributed by atoms with Gasteiger partial charge < -0.3 is 4.74 Å². The molecule has 0 saturated heterocycles. The van der Waals surface area contributed by atoms with Gasteiger partial charge in [0.1, 0.15) is 4.88 Å². The molecule has 1 heterocycles. The fourth-order valence-corrected chi connectivity index (χ4v) is 5.14. The lowest BCUT2D eigenvalue weighted by molar-refractivity contribution is 0.0531. The highest BCUT2D eigenvalue weighted by Gasteiger charge is 2.34. The second-order valence-electron chi connectivity index (χ2n) is 5.94. The predicted molar refractivity (Wildman–Crippen MR) is 98.6 cm³/mol. The standard InChI is InChI=1S/C19H20O3S2/c1-4-22-18(21)17-14-9-13(12-7-5-11(2)6-8-12)10-15(20)16(14)19(23-3)24-17/h5-8,13H,4,9-10H2,1-3H3. The average Bonchev–Trinajstić information content (AvgIpc) is 2.95. The zero-order chi connectivity index (χ0) is 17.3. The summed E-state index contributed by atoms with van der Waals surface area (Å²) in [5.41, 5.74) is 3.99. The smallest absolute Gasteiger partial charge is 0.348 e. The van der Waals surface area contributed by atoms with E-state index in [2.05, 4.69) is 31.2 Å². The number of hydrogen-bond donors (Lipinski definition) is 0. The van der Waals surface area contributed by atoms with E-state index in [0.717, 1.165) is 27.3 Å². The number of ketones is 1.